The van der Waals surface area contributed by atoms with Crippen LogP contribution in [-0.4, -0.2) is 42.8 Å². The lowest BCUT2D eigenvalue weighted by Gasteiger charge is -2.18. The second kappa shape index (κ2) is 7.21. The number of nitrogens with zero attached hydrogens (tertiary/aromatic N) is 5. The van der Waals surface area contributed by atoms with E-state index in [2.05, 4.69) is 30.6 Å². The zero-order valence-corrected chi connectivity index (χ0v) is 15.4. The maximum absolute atomic E-state index is 11.9. The van der Waals surface area contributed by atoms with E-state index < -0.39 is 0 Å². The van der Waals surface area contributed by atoms with E-state index in [1.54, 1.807) is 0 Å². The first-order chi connectivity index (χ1) is 12.2. The van der Waals surface area contributed by atoms with Gasteiger partial charge in [-0.05, 0) is 43.8 Å². The van der Waals surface area contributed by atoms with Gasteiger partial charge in [0.25, 0.3) is 0 Å². The molecule has 3 heterocycles. The molecule has 1 fully saturated rings. The molecule has 0 aromatic carbocycles. The molecule has 2 aromatic heterocycles. The molecule has 1 saturated carbocycles. The van der Waals surface area contributed by atoms with Crippen molar-refractivity contribution in [3.63, 3.8) is 0 Å². The molecule has 4 rings (SSSR count). The number of fused-ring (bicyclic) bond motifs is 1. The Balaban J connectivity index is 1.36. The average Bonchev–Trinajstić information content (AvgIpc) is 3.24. The third-order valence-corrected chi connectivity index (χ3v) is 5.62. The Bertz CT molecular complexity index is 750. The first kappa shape index (κ1) is 16.7. The van der Waals surface area contributed by atoms with Crippen LogP contribution in [0.15, 0.2) is 6.07 Å². The van der Waals surface area contributed by atoms with Crippen LogP contribution in [0.25, 0.3) is 0 Å². The van der Waals surface area contributed by atoms with E-state index in [0.29, 0.717) is 12.5 Å². The summed E-state index contributed by atoms with van der Waals surface area (Å²) in [4.78, 5) is 15.5. The lowest BCUT2D eigenvalue weighted by molar-refractivity contribution is -0.121. The fourth-order valence-corrected chi connectivity index (χ4v) is 3.89. The van der Waals surface area contributed by atoms with Crippen LogP contribution in [0.2, 0.25) is 0 Å². The Hall–Kier alpha value is -1.80. The lowest BCUT2D eigenvalue weighted by atomic mass is 10.2. The van der Waals surface area contributed by atoms with Crippen molar-refractivity contribution in [3.05, 3.63) is 28.0 Å². The molecule has 1 N–H and O–H groups in total. The zero-order chi connectivity index (χ0) is 17.2. The monoisotopic (exact) mass is 360 g/mol. The van der Waals surface area contributed by atoms with Gasteiger partial charge in [-0.1, -0.05) is 4.49 Å². The molecule has 2 aliphatic rings. The third kappa shape index (κ3) is 4.24. The Morgan fingerprint density at radius 1 is 1.40 bits per heavy atom. The third-order valence-electron chi connectivity index (χ3n) is 4.81. The van der Waals surface area contributed by atoms with Crippen molar-refractivity contribution in [2.75, 3.05) is 6.54 Å². The van der Waals surface area contributed by atoms with Crippen molar-refractivity contribution in [1.82, 2.24) is 29.6 Å². The van der Waals surface area contributed by atoms with Crippen LogP contribution in [0, 0.1) is 6.92 Å². The van der Waals surface area contributed by atoms with Crippen molar-refractivity contribution >= 4 is 17.4 Å². The summed E-state index contributed by atoms with van der Waals surface area (Å²) in [6, 6.07) is 2.60. The van der Waals surface area contributed by atoms with Gasteiger partial charge < -0.3 is 5.32 Å². The molecule has 1 aliphatic carbocycles. The summed E-state index contributed by atoms with van der Waals surface area (Å²) in [6.45, 7) is 5.80. The van der Waals surface area contributed by atoms with Gasteiger partial charge in [0.05, 0.1) is 22.0 Å². The number of hydrogen-bond donors (Lipinski definition) is 1. The van der Waals surface area contributed by atoms with Gasteiger partial charge in [-0.25, -0.2) is 0 Å². The Morgan fingerprint density at radius 3 is 3.04 bits per heavy atom. The summed E-state index contributed by atoms with van der Waals surface area (Å²) in [6.07, 6.45) is 4.60. The predicted octanol–water partition coefficient (Wildman–Crippen LogP) is 1.66. The van der Waals surface area contributed by atoms with E-state index >= 15 is 0 Å². The van der Waals surface area contributed by atoms with Crippen molar-refractivity contribution in [3.8, 4) is 0 Å². The van der Waals surface area contributed by atoms with Gasteiger partial charge in [0.15, 0.2) is 0 Å². The highest BCUT2D eigenvalue weighted by molar-refractivity contribution is 7.05. The van der Waals surface area contributed by atoms with Gasteiger partial charge >= 0.3 is 0 Å². The highest BCUT2D eigenvalue weighted by Gasteiger charge is 2.23. The number of aromatic nitrogens is 4. The van der Waals surface area contributed by atoms with E-state index in [4.69, 9.17) is 5.10 Å². The molecular formula is C17H24N6OS. The van der Waals surface area contributed by atoms with Gasteiger partial charge in [0.2, 0.25) is 5.91 Å². The van der Waals surface area contributed by atoms with E-state index in [-0.39, 0.29) is 5.91 Å². The topological polar surface area (TPSA) is 75.9 Å². The molecular weight excluding hydrogens is 336 g/mol. The summed E-state index contributed by atoms with van der Waals surface area (Å²) >= 11 is 1.49. The molecule has 25 heavy (non-hydrogen) atoms. The molecule has 0 bridgehead atoms. The number of aryl methyl sites for hydroxylation is 3. The molecule has 0 spiro atoms. The fourth-order valence-electron chi connectivity index (χ4n) is 3.21. The van der Waals surface area contributed by atoms with E-state index in [1.165, 1.54) is 22.1 Å². The van der Waals surface area contributed by atoms with Crippen molar-refractivity contribution in [2.45, 2.75) is 64.7 Å². The van der Waals surface area contributed by atoms with Crippen LogP contribution in [0.3, 0.4) is 0 Å². The van der Waals surface area contributed by atoms with Crippen LogP contribution in [0.5, 0.6) is 0 Å². The minimum atomic E-state index is 0.153. The number of carbonyl (C=O) groups excluding carboxylic acids is 1. The van der Waals surface area contributed by atoms with Gasteiger partial charge in [-0.15, -0.1) is 5.10 Å². The van der Waals surface area contributed by atoms with Crippen LogP contribution < -0.4 is 5.32 Å². The molecule has 0 radical (unpaired) electrons. The SMILES string of the molecule is Cc1nnsc1CN1CCCn2nc(CCC(=O)NC3CC3)cc2C1. The first-order valence-corrected chi connectivity index (χ1v) is 9.80. The van der Waals surface area contributed by atoms with Crippen LogP contribution in [0.1, 0.15) is 47.6 Å². The van der Waals surface area contributed by atoms with Crippen LogP contribution in [-0.2, 0) is 30.8 Å². The highest BCUT2D eigenvalue weighted by Crippen LogP contribution is 2.20. The zero-order valence-electron chi connectivity index (χ0n) is 14.6. The van der Waals surface area contributed by atoms with E-state index in [0.717, 1.165) is 63.3 Å². The summed E-state index contributed by atoms with van der Waals surface area (Å²) in [5.41, 5.74) is 3.30. The van der Waals surface area contributed by atoms with Crippen molar-refractivity contribution in [2.24, 2.45) is 0 Å². The van der Waals surface area contributed by atoms with Gasteiger partial charge in [0, 0.05) is 45.1 Å². The molecule has 0 unspecified atom stereocenters. The Morgan fingerprint density at radius 2 is 2.28 bits per heavy atom. The Kier molecular flexibility index (Phi) is 4.80. The van der Waals surface area contributed by atoms with Gasteiger partial charge in [-0.2, -0.15) is 5.10 Å². The second-order valence-corrected chi connectivity index (χ2v) is 7.88. The number of rotatable bonds is 6. The number of nitrogens with one attached hydrogen (secondary N) is 1. The standard InChI is InChI=1S/C17H24N6OS/c1-12-16(25-21-19-12)11-22-7-2-8-23-15(10-22)9-14(20-23)5-6-17(24)18-13-3-4-13/h9,13H,2-8,10-11H2,1H3,(H,18,24). The van der Waals surface area contributed by atoms with E-state index in [1.807, 2.05) is 6.92 Å². The minimum Gasteiger partial charge on any atom is -0.353 e. The summed E-state index contributed by atoms with van der Waals surface area (Å²) in [7, 11) is 0. The molecule has 1 amide bonds. The largest absolute Gasteiger partial charge is 0.353 e. The maximum atomic E-state index is 11.9. The minimum absolute atomic E-state index is 0.153. The van der Waals surface area contributed by atoms with Crippen LogP contribution >= 0.6 is 11.5 Å². The maximum Gasteiger partial charge on any atom is 0.220 e. The molecule has 2 aromatic rings. The molecule has 7 nitrogen and oxygen atoms in total. The molecule has 0 atom stereocenters. The number of carbonyl (C=O) groups is 1. The summed E-state index contributed by atoms with van der Waals surface area (Å²) < 4.78 is 6.15. The molecule has 8 heteroatoms. The first-order valence-electron chi connectivity index (χ1n) is 9.02. The highest BCUT2D eigenvalue weighted by atomic mass is 32.1. The fraction of sp³-hybridized carbons (Fsp3) is 0.647. The Labute approximate surface area is 151 Å². The van der Waals surface area contributed by atoms with Gasteiger partial charge in [0.1, 0.15) is 0 Å². The van der Waals surface area contributed by atoms with E-state index in [9.17, 15) is 4.79 Å². The molecule has 0 saturated heterocycles. The summed E-state index contributed by atoms with van der Waals surface area (Å²) in [5, 5.41) is 11.9. The van der Waals surface area contributed by atoms with Crippen LogP contribution in [0.4, 0.5) is 0 Å². The predicted molar refractivity (Wildman–Crippen MR) is 95.1 cm³/mol. The summed E-state index contributed by atoms with van der Waals surface area (Å²) in [5.74, 6) is 0.153. The smallest absolute Gasteiger partial charge is 0.220 e. The van der Waals surface area contributed by atoms with Crippen molar-refractivity contribution < 1.29 is 4.79 Å². The normalized spacial score (nSPS) is 18.0. The second-order valence-electron chi connectivity index (χ2n) is 7.04. The van der Waals surface area contributed by atoms with Gasteiger partial charge in [-0.3, -0.25) is 14.4 Å². The lowest BCUT2D eigenvalue weighted by Crippen LogP contribution is -2.25. The molecule has 134 valence electrons. The van der Waals surface area contributed by atoms with Crippen molar-refractivity contribution in [1.29, 1.82) is 0 Å². The molecule has 1 aliphatic heterocycles. The number of amides is 1. The number of hydrogen-bond acceptors (Lipinski definition) is 6. The average molecular weight is 360 g/mol. The quantitative estimate of drug-likeness (QED) is 0.848.